The number of halogens is 1. The summed E-state index contributed by atoms with van der Waals surface area (Å²) in [6.45, 7) is 0.747. The second-order valence-corrected chi connectivity index (χ2v) is 6.27. The number of hydrogen-bond acceptors (Lipinski definition) is 3. The zero-order chi connectivity index (χ0) is 13.9. The molecule has 3 rings (SSSR count). The van der Waals surface area contributed by atoms with Crippen LogP contribution in [0.15, 0.2) is 23.7 Å². The largest absolute Gasteiger partial charge is 0.322 e. The van der Waals surface area contributed by atoms with Crippen LogP contribution in [0.4, 0.5) is 10.5 Å². The molecule has 1 saturated heterocycles. The Morgan fingerprint density at radius 3 is 3.10 bits per heavy atom. The Hall–Kier alpha value is -1.53. The van der Waals surface area contributed by atoms with Crippen LogP contribution in [0, 0.1) is 0 Å². The van der Waals surface area contributed by atoms with E-state index >= 15 is 0 Å². The van der Waals surface area contributed by atoms with Crippen LogP contribution in [0.3, 0.4) is 0 Å². The average molecular weight is 311 g/mol. The zero-order valence-corrected chi connectivity index (χ0v) is 12.4. The molecule has 2 amide bonds. The SMILES string of the molecule is O=C(Nc1ccsc1Cl)N1CCCC[C@@H]1c1ccn[nH]1. The molecular weight excluding hydrogens is 296 g/mol. The lowest BCUT2D eigenvalue weighted by Crippen LogP contribution is -2.41. The lowest BCUT2D eigenvalue weighted by Gasteiger charge is -2.34. The van der Waals surface area contributed by atoms with Crippen molar-refractivity contribution in [2.24, 2.45) is 0 Å². The van der Waals surface area contributed by atoms with Gasteiger partial charge in [0.2, 0.25) is 0 Å². The first-order valence-electron chi connectivity index (χ1n) is 6.55. The predicted octanol–water partition coefficient (Wildman–Crippen LogP) is 3.88. The van der Waals surface area contributed by atoms with E-state index in [4.69, 9.17) is 11.6 Å². The fraction of sp³-hybridized carbons (Fsp3) is 0.385. The molecule has 3 heterocycles. The zero-order valence-electron chi connectivity index (χ0n) is 10.8. The lowest BCUT2D eigenvalue weighted by atomic mass is 10.00. The summed E-state index contributed by atoms with van der Waals surface area (Å²) >= 11 is 7.44. The van der Waals surface area contributed by atoms with Crippen LogP contribution >= 0.6 is 22.9 Å². The summed E-state index contributed by atoms with van der Waals surface area (Å²) in [6, 6.07) is 3.70. The van der Waals surface area contributed by atoms with Crippen molar-refractivity contribution >= 4 is 34.7 Å². The molecule has 2 N–H and O–H groups in total. The highest BCUT2D eigenvalue weighted by atomic mass is 35.5. The number of piperidine rings is 1. The number of amides is 2. The number of anilines is 1. The number of carbonyl (C=O) groups is 1. The van der Waals surface area contributed by atoms with Crippen LogP contribution in [0.2, 0.25) is 4.34 Å². The number of thiophene rings is 1. The highest BCUT2D eigenvalue weighted by molar-refractivity contribution is 7.15. The first-order valence-corrected chi connectivity index (χ1v) is 7.81. The average Bonchev–Trinajstić information content (AvgIpc) is 3.11. The normalized spacial score (nSPS) is 19.1. The van der Waals surface area contributed by atoms with Crippen LogP contribution in [-0.4, -0.2) is 27.7 Å². The Morgan fingerprint density at radius 2 is 2.40 bits per heavy atom. The summed E-state index contributed by atoms with van der Waals surface area (Å²) in [4.78, 5) is 14.3. The van der Waals surface area contributed by atoms with Gasteiger partial charge < -0.3 is 10.2 Å². The summed E-state index contributed by atoms with van der Waals surface area (Å²) in [5.41, 5.74) is 1.66. The number of rotatable bonds is 2. The number of aromatic nitrogens is 2. The van der Waals surface area contributed by atoms with Gasteiger partial charge in [-0.3, -0.25) is 5.10 Å². The maximum absolute atomic E-state index is 12.4. The number of carbonyl (C=O) groups excluding carboxylic acids is 1. The first-order chi connectivity index (χ1) is 9.75. The van der Waals surface area contributed by atoms with E-state index in [1.165, 1.54) is 11.3 Å². The van der Waals surface area contributed by atoms with Crippen LogP contribution in [0.5, 0.6) is 0 Å². The Labute approximate surface area is 125 Å². The van der Waals surface area contributed by atoms with E-state index in [1.54, 1.807) is 6.20 Å². The fourth-order valence-corrected chi connectivity index (χ4v) is 3.35. The molecule has 0 unspecified atom stereocenters. The Kier molecular flexibility index (Phi) is 3.93. The van der Waals surface area contributed by atoms with Gasteiger partial charge >= 0.3 is 6.03 Å². The van der Waals surface area contributed by atoms with Gasteiger partial charge in [0, 0.05) is 12.7 Å². The summed E-state index contributed by atoms with van der Waals surface area (Å²) < 4.78 is 0.605. The molecule has 1 aliphatic rings. The topological polar surface area (TPSA) is 61.0 Å². The van der Waals surface area contributed by atoms with Gasteiger partial charge in [-0.2, -0.15) is 5.10 Å². The van der Waals surface area contributed by atoms with E-state index in [1.807, 2.05) is 22.4 Å². The van der Waals surface area contributed by atoms with Gasteiger partial charge in [0.15, 0.2) is 0 Å². The molecule has 2 aromatic rings. The molecule has 0 saturated carbocycles. The summed E-state index contributed by atoms with van der Waals surface area (Å²) in [5, 5.41) is 11.7. The van der Waals surface area contributed by atoms with Crippen molar-refractivity contribution in [3.8, 4) is 0 Å². The number of nitrogens with one attached hydrogen (secondary N) is 2. The van der Waals surface area contributed by atoms with E-state index in [0.29, 0.717) is 10.0 Å². The van der Waals surface area contributed by atoms with Gasteiger partial charge in [0.1, 0.15) is 4.34 Å². The molecule has 0 spiro atoms. The number of aromatic amines is 1. The van der Waals surface area contributed by atoms with E-state index in [0.717, 1.165) is 31.5 Å². The number of likely N-dealkylation sites (tertiary alicyclic amines) is 1. The molecule has 0 bridgehead atoms. The molecule has 0 radical (unpaired) electrons. The minimum atomic E-state index is -0.107. The predicted molar refractivity (Wildman–Crippen MR) is 80.2 cm³/mol. The molecule has 7 heteroatoms. The molecule has 1 aliphatic heterocycles. The van der Waals surface area contributed by atoms with Crippen molar-refractivity contribution in [3.63, 3.8) is 0 Å². The molecular formula is C13H15ClN4OS. The van der Waals surface area contributed by atoms with Crippen LogP contribution in [0.25, 0.3) is 0 Å². The fourth-order valence-electron chi connectivity index (χ4n) is 2.52. The molecule has 0 aromatic carbocycles. The molecule has 106 valence electrons. The molecule has 2 aromatic heterocycles. The Morgan fingerprint density at radius 1 is 1.50 bits per heavy atom. The summed E-state index contributed by atoms with van der Waals surface area (Å²) in [5.74, 6) is 0. The van der Waals surface area contributed by atoms with Crippen molar-refractivity contribution in [1.29, 1.82) is 0 Å². The molecule has 1 fully saturated rings. The maximum Gasteiger partial charge on any atom is 0.322 e. The van der Waals surface area contributed by atoms with Gasteiger partial charge in [-0.25, -0.2) is 4.79 Å². The van der Waals surface area contributed by atoms with Crippen molar-refractivity contribution in [1.82, 2.24) is 15.1 Å². The van der Waals surface area contributed by atoms with E-state index < -0.39 is 0 Å². The third-order valence-electron chi connectivity index (χ3n) is 3.50. The quantitative estimate of drug-likeness (QED) is 0.884. The van der Waals surface area contributed by atoms with Crippen LogP contribution in [-0.2, 0) is 0 Å². The second kappa shape index (κ2) is 5.85. The van der Waals surface area contributed by atoms with E-state index in [2.05, 4.69) is 15.5 Å². The summed E-state index contributed by atoms with van der Waals surface area (Å²) in [7, 11) is 0. The second-order valence-electron chi connectivity index (χ2n) is 4.76. The monoisotopic (exact) mass is 310 g/mol. The molecule has 1 atom stereocenters. The smallest absolute Gasteiger partial charge is 0.316 e. The van der Waals surface area contributed by atoms with Gasteiger partial charge in [-0.1, -0.05) is 11.6 Å². The first kappa shape index (κ1) is 13.5. The third-order valence-corrected chi connectivity index (χ3v) is 4.67. The molecule has 20 heavy (non-hydrogen) atoms. The molecule has 5 nitrogen and oxygen atoms in total. The van der Waals surface area contributed by atoms with Gasteiger partial charge in [-0.05, 0) is 36.8 Å². The van der Waals surface area contributed by atoms with E-state index in [9.17, 15) is 4.79 Å². The number of hydrogen-bond donors (Lipinski definition) is 2. The minimum absolute atomic E-state index is 0.0589. The third kappa shape index (κ3) is 2.66. The molecule has 0 aliphatic carbocycles. The van der Waals surface area contributed by atoms with Crippen molar-refractivity contribution < 1.29 is 4.79 Å². The van der Waals surface area contributed by atoms with Crippen LogP contribution in [0.1, 0.15) is 31.0 Å². The summed E-state index contributed by atoms with van der Waals surface area (Å²) in [6.07, 6.45) is 4.81. The standard InChI is InChI=1S/C13H15ClN4OS/c14-12-10(5-8-20-12)16-13(19)18-7-2-1-3-11(18)9-4-6-15-17-9/h4-6,8,11H,1-3,7H2,(H,15,17)(H,16,19)/t11-/m1/s1. The maximum atomic E-state index is 12.4. The van der Waals surface area contributed by atoms with Gasteiger partial charge in [0.05, 0.1) is 17.4 Å². The van der Waals surface area contributed by atoms with Gasteiger partial charge in [0.25, 0.3) is 0 Å². The van der Waals surface area contributed by atoms with E-state index in [-0.39, 0.29) is 12.1 Å². The van der Waals surface area contributed by atoms with Crippen molar-refractivity contribution in [2.75, 3.05) is 11.9 Å². The number of nitrogens with zero attached hydrogens (tertiary/aromatic N) is 2. The van der Waals surface area contributed by atoms with Crippen molar-refractivity contribution in [3.05, 3.63) is 33.7 Å². The Balaban J connectivity index is 1.76. The Bertz CT molecular complexity index is 583. The number of H-pyrrole nitrogens is 1. The highest BCUT2D eigenvalue weighted by Crippen LogP contribution is 2.32. The lowest BCUT2D eigenvalue weighted by molar-refractivity contribution is 0.161. The van der Waals surface area contributed by atoms with Gasteiger partial charge in [-0.15, -0.1) is 11.3 Å². The van der Waals surface area contributed by atoms with Crippen molar-refractivity contribution in [2.45, 2.75) is 25.3 Å². The van der Waals surface area contributed by atoms with Crippen LogP contribution < -0.4 is 5.32 Å². The highest BCUT2D eigenvalue weighted by Gasteiger charge is 2.29. The number of urea groups is 1. The minimum Gasteiger partial charge on any atom is -0.316 e.